The predicted molar refractivity (Wildman–Crippen MR) is 77.9 cm³/mol. The van der Waals surface area contributed by atoms with Crippen LogP contribution < -0.4 is 10.1 Å². The van der Waals surface area contributed by atoms with Gasteiger partial charge in [-0.1, -0.05) is 41.1 Å². The van der Waals surface area contributed by atoms with E-state index in [0.717, 1.165) is 28.8 Å². The van der Waals surface area contributed by atoms with Crippen LogP contribution in [0.3, 0.4) is 0 Å². The largest absolute Gasteiger partial charge is 0.472 e. The monoisotopic (exact) mass is 321 g/mol. The highest BCUT2D eigenvalue weighted by molar-refractivity contribution is 9.10. The van der Waals surface area contributed by atoms with Crippen molar-refractivity contribution in [1.82, 2.24) is 15.5 Å². The van der Waals surface area contributed by atoms with Crippen LogP contribution in [0.5, 0.6) is 5.88 Å². The van der Waals surface area contributed by atoms with Crippen LogP contribution in [0.2, 0.25) is 0 Å². The molecule has 1 aromatic heterocycles. The van der Waals surface area contributed by atoms with E-state index in [-0.39, 0.29) is 0 Å². The van der Waals surface area contributed by atoms with E-state index in [9.17, 15) is 0 Å². The Morgan fingerprint density at radius 2 is 2.00 bits per heavy atom. The van der Waals surface area contributed by atoms with Gasteiger partial charge in [-0.05, 0) is 18.7 Å². The van der Waals surface area contributed by atoms with Crippen molar-refractivity contribution in [3.63, 3.8) is 0 Å². The average molecular weight is 322 g/mol. The molecule has 2 rings (SSSR count). The van der Waals surface area contributed by atoms with E-state index in [1.54, 1.807) is 0 Å². The molecule has 0 fully saturated rings. The van der Waals surface area contributed by atoms with Gasteiger partial charge in [0.1, 0.15) is 6.61 Å². The lowest BCUT2D eigenvalue weighted by Gasteiger charge is -2.07. The van der Waals surface area contributed by atoms with Gasteiger partial charge in [-0.25, -0.2) is 0 Å². The fourth-order valence-corrected chi connectivity index (χ4v) is 1.94. The number of hydrogen-bond acceptors (Lipinski definition) is 4. The molecule has 19 heavy (non-hydrogen) atoms. The highest BCUT2D eigenvalue weighted by Crippen LogP contribution is 2.17. The molecule has 0 atom stereocenters. The second-order valence-electron chi connectivity index (χ2n) is 4.02. The van der Waals surface area contributed by atoms with Crippen molar-refractivity contribution in [2.24, 2.45) is 0 Å². The molecule has 0 aliphatic rings. The van der Waals surface area contributed by atoms with Gasteiger partial charge in [0, 0.05) is 22.6 Å². The van der Waals surface area contributed by atoms with Crippen molar-refractivity contribution in [2.75, 3.05) is 6.54 Å². The Bertz CT molecular complexity index is 516. The zero-order valence-electron chi connectivity index (χ0n) is 10.8. The van der Waals surface area contributed by atoms with E-state index in [4.69, 9.17) is 4.74 Å². The lowest BCUT2D eigenvalue weighted by atomic mass is 10.2. The van der Waals surface area contributed by atoms with Gasteiger partial charge in [-0.2, -0.15) is 5.10 Å². The smallest absolute Gasteiger partial charge is 0.233 e. The van der Waals surface area contributed by atoms with Crippen LogP contribution in [-0.4, -0.2) is 16.7 Å². The summed E-state index contributed by atoms with van der Waals surface area (Å²) < 4.78 is 6.64. The van der Waals surface area contributed by atoms with Gasteiger partial charge in [0.05, 0.1) is 5.69 Å². The molecule has 0 spiro atoms. The minimum Gasteiger partial charge on any atom is -0.472 e. The Hall–Kier alpha value is -1.46. The van der Waals surface area contributed by atoms with E-state index in [1.165, 1.54) is 0 Å². The number of benzene rings is 1. The van der Waals surface area contributed by atoms with Crippen LogP contribution in [0.15, 0.2) is 40.9 Å². The van der Waals surface area contributed by atoms with Crippen LogP contribution in [0.1, 0.15) is 18.2 Å². The van der Waals surface area contributed by atoms with Crippen molar-refractivity contribution >= 4 is 15.9 Å². The summed E-state index contributed by atoms with van der Waals surface area (Å²) in [7, 11) is 0. The molecule has 2 aromatic rings. The van der Waals surface area contributed by atoms with E-state index >= 15 is 0 Å². The molecule has 0 radical (unpaired) electrons. The molecule has 0 saturated carbocycles. The van der Waals surface area contributed by atoms with Crippen LogP contribution in [0.4, 0.5) is 0 Å². The van der Waals surface area contributed by atoms with Gasteiger partial charge in [0.15, 0.2) is 0 Å². The Kier molecular flexibility index (Phi) is 5.30. The summed E-state index contributed by atoms with van der Waals surface area (Å²) in [6, 6.07) is 11.7. The van der Waals surface area contributed by atoms with E-state index in [1.807, 2.05) is 36.4 Å². The molecule has 100 valence electrons. The summed E-state index contributed by atoms with van der Waals surface area (Å²) in [6.45, 7) is 4.18. The van der Waals surface area contributed by atoms with Crippen LogP contribution in [-0.2, 0) is 13.2 Å². The second-order valence-corrected chi connectivity index (χ2v) is 4.88. The van der Waals surface area contributed by atoms with Crippen molar-refractivity contribution in [2.45, 2.75) is 20.1 Å². The van der Waals surface area contributed by atoms with Crippen LogP contribution in [0.25, 0.3) is 0 Å². The third-order valence-electron chi connectivity index (χ3n) is 2.58. The molecule has 1 N–H and O–H groups in total. The normalized spacial score (nSPS) is 10.4. The standard InChI is InChI=1S/C14H16BrN3O/c1-2-16-9-12-7-8-14(18-17-12)19-10-11-5-3-4-6-13(11)15/h3-8,16H,2,9-10H2,1H3. The van der Waals surface area contributed by atoms with Crippen molar-refractivity contribution < 1.29 is 4.74 Å². The molecule has 1 heterocycles. The number of aromatic nitrogens is 2. The quantitative estimate of drug-likeness (QED) is 0.888. The summed E-state index contributed by atoms with van der Waals surface area (Å²) in [5.74, 6) is 0.538. The molecule has 4 nitrogen and oxygen atoms in total. The van der Waals surface area contributed by atoms with Gasteiger partial charge in [-0.15, -0.1) is 5.10 Å². The zero-order chi connectivity index (χ0) is 13.5. The first-order valence-corrected chi connectivity index (χ1v) is 6.98. The number of rotatable bonds is 6. The molecule has 0 aliphatic heterocycles. The second kappa shape index (κ2) is 7.21. The number of nitrogens with zero attached hydrogens (tertiary/aromatic N) is 2. The number of nitrogens with one attached hydrogen (secondary N) is 1. The van der Waals surface area contributed by atoms with Crippen LogP contribution >= 0.6 is 15.9 Å². The third kappa shape index (κ3) is 4.29. The highest BCUT2D eigenvalue weighted by atomic mass is 79.9. The van der Waals surface area contributed by atoms with E-state index in [0.29, 0.717) is 12.5 Å². The molecule has 0 saturated heterocycles. The summed E-state index contributed by atoms with van der Waals surface area (Å²) >= 11 is 3.49. The summed E-state index contributed by atoms with van der Waals surface area (Å²) in [4.78, 5) is 0. The molecule has 0 aliphatic carbocycles. The molecular weight excluding hydrogens is 306 g/mol. The molecular formula is C14H16BrN3O. The maximum Gasteiger partial charge on any atom is 0.233 e. The van der Waals surface area contributed by atoms with Crippen LogP contribution in [0, 0.1) is 0 Å². The zero-order valence-corrected chi connectivity index (χ0v) is 12.4. The predicted octanol–water partition coefficient (Wildman–Crippen LogP) is 2.93. The van der Waals surface area contributed by atoms with Gasteiger partial charge in [-0.3, -0.25) is 0 Å². The minimum absolute atomic E-state index is 0.475. The van der Waals surface area contributed by atoms with Gasteiger partial charge in [0.2, 0.25) is 5.88 Å². The first-order valence-electron chi connectivity index (χ1n) is 6.19. The lowest BCUT2D eigenvalue weighted by Crippen LogP contribution is -2.13. The molecule has 5 heteroatoms. The molecule has 0 bridgehead atoms. The van der Waals surface area contributed by atoms with Gasteiger partial charge < -0.3 is 10.1 Å². The van der Waals surface area contributed by atoms with Crippen molar-refractivity contribution in [3.05, 3.63) is 52.1 Å². The molecule has 0 amide bonds. The maximum atomic E-state index is 5.61. The van der Waals surface area contributed by atoms with E-state index < -0.39 is 0 Å². The van der Waals surface area contributed by atoms with Crippen molar-refractivity contribution in [1.29, 1.82) is 0 Å². The Labute approximate surface area is 121 Å². The average Bonchev–Trinajstić information content (AvgIpc) is 2.45. The number of halogens is 1. The SMILES string of the molecule is CCNCc1ccc(OCc2ccccc2Br)nn1. The fraction of sp³-hybridized carbons (Fsp3) is 0.286. The summed E-state index contributed by atoms with van der Waals surface area (Å²) in [6.07, 6.45) is 0. The highest BCUT2D eigenvalue weighted by Gasteiger charge is 2.02. The fourth-order valence-electron chi connectivity index (χ4n) is 1.54. The first-order chi connectivity index (χ1) is 9.29. The number of ether oxygens (including phenoxy) is 1. The third-order valence-corrected chi connectivity index (χ3v) is 3.36. The molecule has 0 unspecified atom stereocenters. The first kappa shape index (κ1) is 14.0. The summed E-state index contributed by atoms with van der Waals surface area (Å²) in [5, 5.41) is 11.4. The minimum atomic E-state index is 0.475. The Balaban J connectivity index is 1.91. The molecule has 1 aromatic carbocycles. The van der Waals surface area contributed by atoms with Gasteiger partial charge >= 0.3 is 0 Å². The maximum absolute atomic E-state index is 5.61. The topological polar surface area (TPSA) is 47.0 Å². The summed E-state index contributed by atoms with van der Waals surface area (Å²) in [5.41, 5.74) is 2.00. The Morgan fingerprint density at radius 1 is 1.16 bits per heavy atom. The Morgan fingerprint density at radius 3 is 2.68 bits per heavy atom. The number of hydrogen-bond donors (Lipinski definition) is 1. The van der Waals surface area contributed by atoms with E-state index in [2.05, 4.69) is 38.4 Å². The lowest BCUT2D eigenvalue weighted by molar-refractivity contribution is 0.289. The van der Waals surface area contributed by atoms with Crippen molar-refractivity contribution in [3.8, 4) is 5.88 Å². The van der Waals surface area contributed by atoms with Gasteiger partial charge in [0.25, 0.3) is 0 Å².